The Labute approximate surface area is 148 Å². The summed E-state index contributed by atoms with van der Waals surface area (Å²) in [4.78, 5) is 14.5. The fourth-order valence-electron chi connectivity index (χ4n) is 2.39. The van der Waals surface area contributed by atoms with E-state index in [1.54, 1.807) is 31.2 Å². The minimum absolute atomic E-state index is 0.203. The molecule has 0 aromatic heterocycles. The third-order valence-electron chi connectivity index (χ3n) is 3.74. The molecule has 1 amide bonds. The third kappa shape index (κ3) is 4.90. The molecule has 5 heteroatoms. The van der Waals surface area contributed by atoms with Gasteiger partial charge in [-0.3, -0.25) is 4.79 Å². The van der Waals surface area contributed by atoms with Crippen LogP contribution in [0.4, 0.5) is 11.4 Å². The van der Waals surface area contributed by atoms with Gasteiger partial charge in [0.1, 0.15) is 5.75 Å². The molecular formula is C19H23ClN2O2. The van der Waals surface area contributed by atoms with Crippen LogP contribution in [0, 0.1) is 0 Å². The smallest absolute Gasteiger partial charge is 0.265 e. The summed E-state index contributed by atoms with van der Waals surface area (Å²) < 4.78 is 5.62. The van der Waals surface area contributed by atoms with Gasteiger partial charge in [-0.1, -0.05) is 17.7 Å². The van der Waals surface area contributed by atoms with E-state index in [9.17, 15) is 4.79 Å². The first kappa shape index (κ1) is 18.1. The number of carbonyl (C=O) groups excluding carboxylic acids is 1. The molecule has 0 bridgehead atoms. The first-order valence-electron chi connectivity index (χ1n) is 8.11. The Morgan fingerprint density at radius 2 is 1.83 bits per heavy atom. The number of nitrogens with zero attached hydrogens (tertiary/aromatic N) is 1. The number of carbonyl (C=O) groups is 1. The summed E-state index contributed by atoms with van der Waals surface area (Å²) in [5.41, 5.74) is 1.89. The molecule has 128 valence electrons. The molecule has 2 aromatic carbocycles. The summed E-state index contributed by atoms with van der Waals surface area (Å²) in [5, 5.41) is 3.44. The van der Waals surface area contributed by atoms with E-state index in [4.69, 9.17) is 16.3 Å². The molecule has 1 N–H and O–H groups in total. The molecule has 0 unspecified atom stereocenters. The van der Waals surface area contributed by atoms with Crippen molar-refractivity contribution < 1.29 is 9.53 Å². The van der Waals surface area contributed by atoms with Gasteiger partial charge in [-0.05, 0) is 63.2 Å². The van der Waals surface area contributed by atoms with E-state index in [-0.39, 0.29) is 5.91 Å². The minimum atomic E-state index is -0.620. The lowest BCUT2D eigenvalue weighted by atomic mass is 10.2. The number of anilines is 2. The van der Waals surface area contributed by atoms with Crippen molar-refractivity contribution in [1.82, 2.24) is 0 Å². The van der Waals surface area contributed by atoms with Crippen LogP contribution in [0.5, 0.6) is 5.75 Å². The number of benzene rings is 2. The monoisotopic (exact) mass is 346 g/mol. The largest absolute Gasteiger partial charge is 0.481 e. The van der Waals surface area contributed by atoms with Gasteiger partial charge in [-0.15, -0.1) is 0 Å². The zero-order valence-corrected chi connectivity index (χ0v) is 15.0. The minimum Gasteiger partial charge on any atom is -0.481 e. The summed E-state index contributed by atoms with van der Waals surface area (Å²) >= 11 is 5.92. The van der Waals surface area contributed by atoms with Gasteiger partial charge < -0.3 is 15.0 Å². The van der Waals surface area contributed by atoms with Gasteiger partial charge in [0.05, 0.1) is 0 Å². The van der Waals surface area contributed by atoms with Gasteiger partial charge in [-0.25, -0.2) is 0 Å². The van der Waals surface area contributed by atoms with Crippen molar-refractivity contribution in [3.05, 3.63) is 53.6 Å². The molecule has 4 nitrogen and oxygen atoms in total. The normalized spacial score (nSPS) is 11.7. The lowest BCUT2D eigenvalue weighted by Crippen LogP contribution is -2.30. The van der Waals surface area contributed by atoms with Crippen molar-refractivity contribution in [2.75, 3.05) is 23.3 Å². The average Bonchev–Trinajstić information content (AvgIpc) is 2.57. The molecule has 0 aliphatic heterocycles. The van der Waals surface area contributed by atoms with Crippen molar-refractivity contribution >= 4 is 28.9 Å². The summed E-state index contributed by atoms with van der Waals surface area (Å²) in [6.07, 6.45) is -0.620. The third-order valence-corrected chi connectivity index (χ3v) is 3.98. The van der Waals surface area contributed by atoms with E-state index >= 15 is 0 Å². The van der Waals surface area contributed by atoms with Crippen LogP contribution in [0.3, 0.4) is 0 Å². The van der Waals surface area contributed by atoms with Crippen LogP contribution in [0.25, 0.3) is 0 Å². The molecule has 0 fully saturated rings. The standard InChI is InChI=1S/C19H23ClN2O2/c1-4-22(5-2)17-11-9-16(10-12-17)21-19(23)14(3)24-18-8-6-7-15(20)13-18/h6-14H,4-5H2,1-3H3,(H,21,23)/t14-/m1/s1. The van der Waals surface area contributed by atoms with Gasteiger partial charge in [-0.2, -0.15) is 0 Å². The van der Waals surface area contributed by atoms with Crippen molar-refractivity contribution in [1.29, 1.82) is 0 Å². The lowest BCUT2D eigenvalue weighted by molar-refractivity contribution is -0.122. The molecule has 0 heterocycles. The van der Waals surface area contributed by atoms with Gasteiger partial charge in [0.15, 0.2) is 6.10 Å². The summed E-state index contributed by atoms with van der Waals surface area (Å²) in [6, 6.07) is 14.8. The highest BCUT2D eigenvalue weighted by Crippen LogP contribution is 2.20. The van der Waals surface area contributed by atoms with Crippen LogP contribution in [-0.2, 0) is 4.79 Å². The predicted molar refractivity (Wildman–Crippen MR) is 100 cm³/mol. The van der Waals surface area contributed by atoms with Gasteiger partial charge in [0.25, 0.3) is 5.91 Å². The van der Waals surface area contributed by atoms with Crippen LogP contribution >= 0.6 is 11.6 Å². The van der Waals surface area contributed by atoms with E-state index in [2.05, 4.69) is 24.1 Å². The van der Waals surface area contributed by atoms with Crippen molar-refractivity contribution in [3.63, 3.8) is 0 Å². The van der Waals surface area contributed by atoms with Crippen molar-refractivity contribution in [2.45, 2.75) is 26.9 Å². The van der Waals surface area contributed by atoms with Crippen LogP contribution in [0.1, 0.15) is 20.8 Å². The van der Waals surface area contributed by atoms with Gasteiger partial charge in [0.2, 0.25) is 0 Å². The maximum absolute atomic E-state index is 12.3. The Hall–Kier alpha value is -2.20. The Morgan fingerprint density at radius 3 is 2.42 bits per heavy atom. The fourth-order valence-corrected chi connectivity index (χ4v) is 2.57. The molecule has 0 radical (unpaired) electrons. The molecular weight excluding hydrogens is 324 g/mol. The first-order valence-corrected chi connectivity index (χ1v) is 8.49. The highest BCUT2D eigenvalue weighted by molar-refractivity contribution is 6.30. The second kappa shape index (κ2) is 8.60. The predicted octanol–water partition coefficient (Wildman–Crippen LogP) is 4.59. The summed E-state index contributed by atoms with van der Waals surface area (Å²) in [5.74, 6) is 0.368. The summed E-state index contributed by atoms with van der Waals surface area (Å²) in [7, 11) is 0. The number of hydrogen-bond donors (Lipinski definition) is 1. The van der Waals surface area contributed by atoms with Gasteiger partial charge >= 0.3 is 0 Å². The van der Waals surface area contributed by atoms with Gasteiger partial charge in [0, 0.05) is 29.5 Å². The lowest BCUT2D eigenvalue weighted by Gasteiger charge is -2.21. The Morgan fingerprint density at radius 1 is 1.17 bits per heavy atom. The fraction of sp³-hybridized carbons (Fsp3) is 0.316. The van der Waals surface area contributed by atoms with Crippen molar-refractivity contribution in [2.24, 2.45) is 0 Å². The Kier molecular flexibility index (Phi) is 6.50. The first-order chi connectivity index (χ1) is 11.5. The van der Waals surface area contributed by atoms with Crippen LogP contribution in [0.2, 0.25) is 5.02 Å². The molecule has 0 saturated carbocycles. The molecule has 0 spiro atoms. The second-order valence-corrected chi connectivity index (χ2v) is 5.86. The van der Waals surface area contributed by atoms with Crippen molar-refractivity contribution in [3.8, 4) is 5.75 Å². The maximum Gasteiger partial charge on any atom is 0.265 e. The quantitative estimate of drug-likeness (QED) is 0.797. The molecule has 24 heavy (non-hydrogen) atoms. The molecule has 1 atom stereocenters. The average molecular weight is 347 g/mol. The SMILES string of the molecule is CCN(CC)c1ccc(NC(=O)[C@@H](C)Oc2cccc(Cl)c2)cc1. The zero-order chi connectivity index (χ0) is 17.5. The van der Waals surface area contributed by atoms with Crippen LogP contribution in [0.15, 0.2) is 48.5 Å². The van der Waals surface area contributed by atoms with E-state index < -0.39 is 6.10 Å². The summed E-state index contributed by atoms with van der Waals surface area (Å²) in [6.45, 7) is 7.85. The number of rotatable bonds is 7. The molecule has 0 aliphatic rings. The highest BCUT2D eigenvalue weighted by atomic mass is 35.5. The van der Waals surface area contributed by atoms with E-state index in [1.165, 1.54) is 0 Å². The highest BCUT2D eigenvalue weighted by Gasteiger charge is 2.15. The molecule has 0 saturated heterocycles. The number of ether oxygens (including phenoxy) is 1. The second-order valence-electron chi connectivity index (χ2n) is 5.43. The van der Waals surface area contributed by atoms with Crippen LogP contribution in [-0.4, -0.2) is 25.1 Å². The Balaban J connectivity index is 1.96. The van der Waals surface area contributed by atoms with E-state index in [0.29, 0.717) is 10.8 Å². The Bertz CT molecular complexity index is 669. The maximum atomic E-state index is 12.3. The number of amides is 1. The molecule has 0 aliphatic carbocycles. The number of halogens is 1. The zero-order valence-electron chi connectivity index (χ0n) is 14.3. The van der Waals surface area contributed by atoms with Crippen LogP contribution < -0.4 is 15.0 Å². The van der Waals surface area contributed by atoms with E-state index in [0.717, 1.165) is 24.5 Å². The number of hydrogen-bond acceptors (Lipinski definition) is 3. The topological polar surface area (TPSA) is 41.6 Å². The number of nitrogens with one attached hydrogen (secondary N) is 1. The molecule has 2 rings (SSSR count). The van der Waals surface area contributed by atoms with E-state index in [1.807, 2.05) is 24.3 Å². The molecule has 2 aromatic rings.